The van der Waals surface area contributed by atoms with Gasteiger partial charge in [0.05, 0.1) is 17.4 Å². The molecule has 1 aliphatic carbocycles. The van der Waals surface area contributed by atoms with Crippen molar-refractivity contribution in [1.29, 1.82) is 0 Å². The molecule has 0 aromatic carbocycles. The predicted octanol–water partition coefficient (Wildman–Crippen LogP) is 2.34. The highest BCUT2D eigenvalue weighted by Gasteiger charge is 2.44. The molecule has 0 heterocycles. The topological polar surface area (TPSA) is 116 Å². The molecule has 3 atom stereocenters. The highest BCUT2D eigenvalue weighted by atomic mass is 16.7. The van der Waals surface area contributed by atoms with Crippen LogP contribution in [0.15, 0.2) is 23.9 Å². The molecule has 0 saturated carbocycles. The number of hydrogen-bond donors (Lipinski definition) is 1. The van der Waals surface area contributed by atoms with Crippen LogP contribution < -0.4 is 0 Å². The van der Waals surface area contributed by atoms with Gasteiger partial charge in [0.1, 0.15) is 0 Å². The van der Waals surface area contributed by atoms with Crippen LogP contribution in [-0.2, 0) is 19.1 Å². The van der Waals surface area contributed by atoms with Crippen molar-refractivity contribution >= 4 is 11.9 Å². The molecular formula is C17H25NO7. The summed E-state index contributed by atoms with van der Waals surface area (Å²) < 4.78 is 10.3. The number of hydrogen-bond acceptors (Lipinski definition) is 7. The van der Waals surface area contributed by atoms with E-state index in [-0.39, 0.29) is 31.1 Å². The van der Waals surface area contributed by atoms with E-state index in [1.165, 1.54) is 6.08 Å². The van der Waals surface area contributed by atoms with E-state index in [4.69, 9.17) is 9.47 Å². The first-order valence-electron chi connectivity index (χ1n) is 8.38. The van der Waals surface area contributed by atoms with Gasteiger partial charge in [-0.3, -0.25) is 19.7 Å². The lowest BCUT2D eigenvalue weighted by Crippen LogP contribution is -2.45. The standard InChI is InChI=1S/C17H25NO7/c1-4-6-15(19)24-11-12(3)14-10-13(18(22)23)8-9-17(14,21)25-16(20)7-5-2/h8-10,12,14,21H,4-7,11H2,1-3H3. The minimum atomic E-state index is -2.01. The number of nitro groups is 1. The second kappa shape index (κ2) is 9.31. The first kappa shape index (κ1) is 20.8. The van der Waals surface area contributed by atoms with Gasteiger partial charge in [0.2, 0.25) is 5.79 Å². The van der Waals surface area contributed by atoms with Gasteiger partial charge < -0.3 is 14.6 Å². The quantitative estimate of drug-likeness (QED) is 0.292. The van der Waals surface area contributed by atoms with Gasteiger partial charge in [-0.1, -0.05) is 20.8 Å². The second-order valence-electron chi connectivity index (χ2n) is 6.09. The average molecular weight is 355 g/mol. The SMILES string of the molecule is CCCC(=O)OCC(C)C1C=C([N+](=O)[O-])C=CC1(O)OC(=O)CCC. The Kier molecular flexibility index (Phi) is 7.76. The van der Waals surface area contributed by atoms with Crippen LogP contribution in [0.25, 0.3) is 0 Å². The van der Waals surface area contributed by atoms with Crippen molar-refractivity contribution in [3.05, 3.63) is 34.0 Å². The van der Waals surface area contributed by atoms with Gasteiger partial charge in [0, 0.05) is 30.9 Å². The number of carbonyl (C=O) groups excluding carboxylic acids is 2. The fourth-order valence-electron chi connectivity index (χ4n) is 2.51. The molecule has 3 unspecified atom stereocenters. The van der Waals surface area contributed by atoms with Gasteiger partial charge in [-0.2, -0.15) is 0 Å². The minimum Gasteiger partial charge on any atom is -0.465 e. The molecule has 0 aliphatic heterocycles. The Morgan fingerprint density at radius 2 is 1.92 bits per heavy atom. The Labute approximate surface area is 146 Å². The minimum absolute atomic E-state index is 0.0491. The molecule has 1 rings (SSSR count). The van der Waals surface area contributed by atoms with Crippen molar-refractivity contribution in [3.63, 3.8) is 0 Å². The Hall–Kier alpha value is -2.22. The summed E-state index contributed by atoms with van der Waals surface area (Å²) in [7, 11) is 0. The summed E-state index contributed by atoms with van der Waals surface area (Å²) in [5, 5.41) is 21.7. The van der Waals surface area contributed by atoms with E-state index < -0.39 is 28.5 Å². The second-order valence-corrected chi connectivity index (χ2v) is 6.09. The van der Waals surface area contributed by atoms with Gasteiger partial charge in [0.25, 0.3) is 5.70 Å². The normalized spacial score (nSPS) is 23.5. The molecule has 1 aliphatic rings. The van der Waals surface area contributed by atoms with Crippen LogP contribution in [0.1, 0.15) is 46.5 Å². The van der Waals surface area contributed by atoms with Crippen LogP contribution in [0.5, 0.6) is 0 Å². The molecule has 0 radical (unpaired) electrons. The third kappa shape index (κ3) is 5.97. The summed E-state index contributed by atoms with van der Waals surface area (Å²) in [4.78, 5) is 33.7. The van der Waals surface area contributed by atoms with Crippen molar-refractivity contribution < 1.29 is 29.1 Å². The van der Waals surface area contributed by atoms with Crippen LogP contribution in [-0.4, -0.2) is 34.4 Å². The molecule has 0 spiro atoms. The molecule has 0 saturated heterocycles. The van der Waals surface area contributed by atoms with Gasteiger partial charge in [0.15, 0.2) is 0 Å². The van der Waals surface area contributed by atoms with Crippen LogP contribution in [0, 0.1) is 22.0 Å². The number of ether oxygens (including phenoxy) is 2. The largest absolute Gasteiger partial charge is 0.465 e. The van der Waals surface area contributed by atoms with Crippen LogP contribution in [0.3, 0.4) is 0 Å². The number of carbonyl (C=O) groups is 2. The van der Waals surface area contributed by atoms with E-state index in [1.807, 2.05) is 6.92 Å². The Bertz CT molecular complexity index is 569. The molecule has 0 aromatic heterocycles. The molecule has 140 valence electrons. The smallest absolute Gasteiger partial charge is 0.308 e. The number of nitrogens with zero attached hydrogens (tertiary/aromatic N) is 1. The van der Waals surface area contributed by atoms with Crippen molar-refractivity contribution in [2.24, 2.45) is 11.8 Å². The Balaban J connectivity index is 2.95. The lowest BCUT2D eigenvalue weighted by molar-refractivity contribution is -0.420. The zero-order chi connectivity index (χ0) is 19.0. The lowest BCUT2D eigenvalue weighted by Gasteiger charge is -2.35. The molecule has 1 N–H and O–H groups in total. The highest BCUT2D eigenvalue weighted by molar-refractivity contribution is 5.70. The summed E-state index contributed by atoms with van der Waals surface area (Å²) in [6.45, 7) is 5.25. The molecular weight excluding hydrogens is 330 g/mol. The Morgan fingerprint density at radius 1 is 1.32 bits per heavy atom. The predicted molar refractivity (Wildman–Crippen MR) is 88.7 cm³/mol. The van der Waals surface area contributed by atoms with E-state index in [2.05, 4.69) is 0 Å². The van der Waals surface area contributed by atoms with Gasteiger partial charge >= 0.3 is 11.9 Å². The molecule has 0 amide bonds. The fourth-order valence-corrected chi connectivity index (χ4v) is 2.51. The maximum absolute atomic E-state index is 11.8. The molecule has 8 heteroatoms. The zero-order valence-electron chi connectivity index (χ0n) is 14.8. The number of aliphatic hydroxyl groups is 1. The van der Waals surface area contributed by atoms with Gasteiger partial charge in [-0.15, -0.1) is 0 Å². The maximum atomic E-state index is 11.8. The fraction of sp³-hybridized carbons (Fsp3) is 0.647. The number of esters is 2. The highest BCUT2D eigenvalue weighted by Crippen LogP contribution is 2.35. The van der Waals surface area contributed by atoms with Crippen LogP contribution in [0.2, 0.25) is 0 Å². The van der Waals surface area contributed by atoms with Crippen molar-refractivity contribution in [2.45, 2.75) is 52.2 Å². The monoisotopic (exact) mass is 355 g/mol. The van der Waals surface area contributed by atoms with E-state index in [9.17, 15) is 24.8 Å². The van der Waals surface area contributed by atoms with Gasteiger partial charge in [-0.05, 0) is 18.9 Å². The van der Waals surface area contributed by atoms with Crippen molar-refractivity contribution in [2.75, 3.05) is 6.61 Å². The first-order valence-corrected chi connectivity index (χ1v) is 8.38. The third-order valence-corrected chi connectivity index (χ3v) is 3.84. The van der Waals surface area contributed by atoms with Crippen LogP contribution >= 0.6 is 0 Å². The molecule has 0 fully saturated rings. The average Bonchev–Trinajstić information content (AvgIpc) is 2.52. The molecule has 8 nitrogen and oxygen atoms in total. The molecule has 0 bridgehead atoms. The van der Waals surface area contributed by atoms with Crippen molar-refractivity contribution in [3.8, 4) is 0 Å². The summed E-state index contributed by atoms with van der Waals surface area (Å²) in [6.07, 6.45) is 5.02. The Morgan fingerprint density at radius 3 is 2.48 bits per heavy atom. The van der Waals surface area contributed by atoms with E-state index in [1.54, 1.807) is 13.8 Å². The lowest BCUT2D eigenvalue weighted by atomic mass is 9.82. The number of allylic oxidation sites excluding steroid dienone is 1. The van der Waals surface area contributed by atoms with E-state index in [0.717, 1.165) is 12.2 Å². The van der Waals surface area contributed by atoms with E-state index >= 15 is 0 Å². The van der Waals surface area contributed by atoms with Crippen LogP contribution in [0.4, 0.5) is 0 Å². The molecule has 0 aromatic rings. The first-order chi connectivity index (χ1) is 11.7. The van der Waals surface area contributed by atoms with Crippen molar-refractivity contribution in [1.82, 2.24) is 0 Å². The summed E-state index contributed by atoms with van der Waals surface area (Å²) in [6, 6.07) is 0. The maximum Gasteiger partial charge on any atom is 0.308 e. The summed E-state index contributed by atoms with van der Waals surface area (Å²) in [5.41, 5.74) is -0.215. The number of rotatable bonds is 9. The molecule has 25 heavy (non-hydrogen) atoms. The summed E-state index contributed by atoms with van der Waals surface area (Å²) >= 11 is 0. The third-order valence-electron chi connectivity index (χ3n) is 3.84. The van der Waals surface area contributed by atoms with Gasteiger partial charge in [-0.25, -0.2) is 0 Å². The zero-order valence-corrected chi connectivity index (χ0v) is 14.8. The van der Waals surface area contributed by atoms with E-state index in [0.29, 0.717) is 12.8 Å². The summed E-state index contributed by atoms with van der Waals surface area (Å²) in [5.74, 6) is -4.41.